The molecular formula is C17H24N2O5S. The van der Waals surface area contributed by atoms with Crippen LogP contribution in [0.3, 0.4) is 0 Å². The predicted octanol–water partition coefficient (Wildman–Crippen LogP) is 1.00. The van der Waals surface area contributed by atoms with E-state index in [9.17, 15) is 13.2 Å². The van der Waals surface area contributed by atoms with Gasteiger partial charge >= 0.3 is 0 Å². The predicted molar refractivity (Wildman–Crippen MR) is 93.1 cm³/mol. The Morgan fingerprint density at radius 3 is 2.60 bits per heavy atom. The van der Waals surface area contributed by atoms with E-state index in [0.29, 0.717) is 44.8 Å². The van der Waals surface area contributed by atoms with E-state index >= 15 is 0 Å². The number of sulfonamides is 1. The molecular weight excluding hydrogens is 344 g/mol. The molecule has 3 rings (SSSR count). The van der Waals surface area contributed by atoms with Gasteiger partial charge in [-0.05, 0) is 31.9 Å². The van der Waals surface area contributed by atoms with Crippen LogP contribution in [-0.4, -0.2) is 56.7 Å². The highest BCUT2D eigenvalue weighted by Crippen LogP contribution is 2.30. The second-order valence-electron chi connectivity index (χ2n) is 6.32. The Labute approximate surface area is 148 Å². The summed E-state index contributed by atoms with van der Waals surface area (Å²) in [7, 11) is -3.16. The van der Waals surface area contributed by atoms with E-state index in [2.05, 4.69) is 5.32 Å². The first-order valence-corrected chi connectivity index (χ1v) is 10.2. The van der Waals surface area contributed by atoms with Crippen molar-refractivity contribution < 1.29 is 22.7 Å². The topological polar surface area (TPSA) is 84.9 Å². The zero-order chi connectivity index (χ0) is 17.9. The average Bonchev–Trinajstić information content (AvgIpc) is 2.66. The molecule has 1 fully saturated rings. The third-order valence-electron chi connectivity index (χ3n) is 4.65. The van der Waals surface area contributed by atoms with Crippen LogP contribution in [0.4, 0.5) is 0 Å². The number of amides is 1. The molecule has 138 valence electrons. The Kier molecular flexibility index (Phi) is 5.48. The second-order valence-corrected chi connectivity index (χ2v) is 8.57. The van der Waals surface area contributed by atoms with Crippen LogP contribution in [0.15, 0.2) is 24.3 Å². The largest absolute Gasteiger partial charge is 0.486 e. The van der Waals surface area contributed by atoms with Crippen molar-refractivity contribution in [3.05, 3.63) is 24.3 Å². The zero-order valence-electron chi connectivity index (χ0n) is 14.3. The van der Waals surface area contributed by atoms with Crippen molar-refractivity contribution >= 4 is 15.9 Å². The van der Waals surface area contributed by atoms with Gasteiger partial charge in [0.2, 0.25) is 15.9 Å². The molecule has 25 heavy (non-hydrogen) atoms. The summed E-state index contributed by atoms with van der Waals surface area (Å²) in [5.74, 6) is 1.31. The number of rotatable bonds is 5. The van der Waals surface area contributed by atoms with Gasteiger partial charge in [0.1, 0.15) is 12.7 Å². The summed E-state index contributed by atoms with van der Waals surface area (Å²) in [5.41, 5.74) is 0. The van der Waals surface area contributed by atoms with Gasteiger partial charge in [0.05, 0.1) is 12.3 Å². The Bertz CT molecular complexity index is 714. The molecule has 2 aliphatic rings. The first kappa shape index (κ1) is 18.0. The lowest BCUT2D eigenvalue weighted by Crippen LogP contribution is -2.46. The van der Waals surface area contributed by atoms with Gasteiger partial charge in [0, 0.05) is 19.0 Å². The van der Waals surface area contributed by atoms with E-state index < -0.39 is 10.0 Å². The summed E-state index contributed by atoms with van der Waals surface area (Å²) in [4.78, 5) is 12.3. The van der Waals surface area contributed by atoms with E-state index in [1.54, 1.807) is 6.92 Å². The molecule has 0 saturated carbocycles. The summed E-state index contributed by atoms with van der Waals surface area (Å²) in [6.07, 6.45) is 0.880. The van der Waals surface area contributed by atoms with Crippen molar-refractivity contribution in [1.29, 1.82) is 0 Å². The number of para-hydroxylation sites is 2. The molecule has 0 radical (unpaired) electrons. The van der Waals surface area contributed by atoms with Gasteiger partial charge in [-0.3, -0.25) is 4.79 Å². The molecule has 2 aliphatic heterocycles. The van der Waals surface area contributed by atoms with Crippen molar-refractivity contribution in [2.45, 2.75) is 25.9 Å². The standard InChI is InChI=1S/C17H24N2O5S/c1-2-25(21,22)19-9-7-13(8-10-19)17(20)18-11-14-12-23-15-5-3-4-6-16(15)24-14/h3-6,13-14H,2,7-12H2,1H3,(H,18,20)/t14-/m0/s1. The minimum Gasteiger partial charge on any atom is -0.486 e. The third-order valence-corrected chi connectivity index (χ3v) is 6.54. The van der Waals surface area contributed by atoms with Crippen LogP contribution < -0.4 is 14.8 Å². The molecule has 0 aromatic heterocycles. The smallest absolute Gasteiger partial charge is 0.223 e. The highest BCUT2D eigenvalue weighted by Gasteiger charge is 2.30. The van der Waals surface area contributed by atoms with Crippen LogP contribution in [0.2, 0.25) is 0 Å². The Morgan fingerprint density at radius 2 is 1.92 bits per heavy atom. The molecule has 1 N–H and O–H groups in total. The number of carbonyl (C=O) groups is 1. The van der Waals surface area contributed by atoms with Gasteiger partial charge in [-0.25, -0.2) is 12.7 Å². The zero-order valence-corrected chi connectivity index (χ0v) is 15.1. The van der Waals surface area contributed by atoms with Gasteiger partial charge < -0.3 is 14.8 Å². The first-order chi connectivity index (χ1) is 12.0. The second kappa shape index (κ2) is 7.61. The normalized spacial score (nSPS) is 21.7. The van der Waals surface area contributed by atoms with Gasteiger partial charge in [0.25, 0.3) is 0 Å². The third kappa shape index (κ3) is 4.24. The summed E-state index contributed by atoms with van der Waals surface area (Å²) in [5, 5.41) is 2.91. The van der Waals surface area contributed by atoms with Crippen molar-refractivity contribution in [1.82, 2.24) is 9.62 Å². The fraction of sp³-hybridized carbons (Fsp3) is 0.588. The number of piperidine rings is 1. The van der Waals surface area contributed by atoms with Crippen LogP contribution in [0, 0.1) is 5.92 Å². The average molecular weight is 368 g/mol. The number of hydrogen-bond acceptors (Lipinski definition) is 5. The first-order valence-electron chi connectivity index (χ1n) is 8.63. The fourth-order valence-corrected chi connectivity index (χ4v) is 4.23. The van der Waals surface area contributed by atoms with Gasteiger partial charge in [-0.2, -0.15) is 0 Å². The summed E-state index contributed by atoms with van der Waals surface area (Å²) in [6.45, 7) is 3.22. The molecule has 1 saturated heterocycles. The molecule has 1 aromatic carbocycles. The van der Waals surface area contributed by atoms with Crippen molar-refractivity contribution in [2.75, 3.05) is 32.0 Å². The van der Waals surface area contributed by atoms with Crippen molar-refractivity contribution in [2.24, 2.45) is 5.92 Å². The van der Waals surface area contributed by atoms with Crippen molar-refractivity contribution in [3.63, 3.8) is 0 Å². The molecule has 2 heterocycles. The minimum absolute atomic E-state index is 0.0454. The maximum atomic E-state index is 12.3. The van der Waals surface area contributed by atoms with E-state index in [4.69, 9.17) is 9.47 Å². The van der Waals surface area contributed by atoms with E-state index in [-0.39, 0.29) is 23.7 Å². The Morgan fingerprint density at radius 1 is 1.24 bits per heavy atom. The molecule has 0 bridgehead atoms. The van der Waals surface area contributed by atoms with Crippen LogP contribution in [0.25, 0.3) is 0 Å². The highest BCUT2D eigenvalue weighted by atomic mass is 32.2. The summed E-state index contributed by atoms with van der Waals surface area (Å²) >= 11 is 0. The van der Waals surface area contributed by atoms with Crippen LogP contribution in [-0.2, 0) is 14.8 Å². The highest BCUT2D eigenvalue weighted by molar-refractivity contribution is 7.89. The van der Waals surface area contributed by atoms with Crippen LogP contribution >= 0.6 is 0 Å². The number of ether oxygens (including phenoxy) is 2. The molecule has 0 aliphatic carbocycles. The fourth-order valence-electron chi connectivity index (χ4n) is 3.10. The van der Waals surface area contributed by atoms with E-state index in [0.717, 1.165) is 5.75 Å². The van der Waals surface area contributed by atoms with E-state index in [1.807, 2.05) is 24.3 Å². The maximum absolute atomic E-state index is 12.3. The molecule has 0 unspecified atom stereocenters. The van der Waals surface area contributed by atoms with Crippen LogP contribution in [0.1, 0.15) is 19.8 Å². The molecule has 8 heteroatoms. The molecule has 7 nitrogen and oxygen atoms in total. The number of fused-ring (bicyclic) bond motifs is 1. The SMILES string of the molecule is CCS(=O)(=O)N1CCC(C(=O)NC[C@H]2COc3ccccc3O2)CC1. The van der Waals surface area contributed by atoms with Gasteiger partial charge in [0.15, 0.2) is 11.5 Å². The Balaban J connectivity index is 1.45. The van der Waals surface area contributed by atoms with Gasteiger partial charge in [-0.1, -0.05) is 12.1 Å². The lowest BCUT2D eigenvalue weighted by molar-refractivity contribution is -0.126. The monoisotopic (exact) mass is 368 g/mol. The lowest BCUT2D eigenvalue weighted by atomic mass is 9.97. The molecule has 1 amide bonds. The number of carbonyl (C=O) groups excluding carboxylic acids is 1. The Hall–Kier alpha value is -1.80. The van der Waals surface area contributed by atoms with Crippen LogP contribution in [0.5, 0.6) is 11.5 Å². The number of nitrogens with one attached hydrogen (secondary N) is 1. The number of benzene rings is 1. The number of nitrogens with zero attached hydrogens (tertiary/aromatic N) is 1. The summed E-state index contributed by atoms with van der Waals surface area (Å²) in [6, 6.07) is 7.45. The minimum atomic E-state index is -3.16. The quantitative estimate of drug-likeness (QED) is 0.838. The molecule has 1 aromatic rings. The maximum Gasteiger partial charge on any atom is 0.223 e. The number of hydrogen-bond donors (Lipinski definition) is 1. The van der Waals surface area contributed by atoms with Crippen molar-refractivity contribution in [3.8, 4) is 11.5 Å². The van der Waals surface area contributed by atoms with E-state index in [1.165, 1.54) is 4.31 Å². The molecule has 1 atom stereocenters. The summed E-state index contributed by atoms with van der Waals surface area (Å²) < 4.78 is 36.6. The molecule has 0 spiro atoms. The van der Waals surface area contributed by atoms with Gasteiger partial charge in [-0.15, -0.1) is 0 Å². The lowest BCUT2D eigenvalue weighted by Gasteiger charge is -2.31.